The molecular weight excluding hydrogens is 273 g/mol. The van der Waals surface area contributed by atoms with Crippen molar-refractivity contribution >= 4 is 35.2 Å². The molecule has 0 aromatic heterocycles. The number of nitrogens with one attached hydrogen (secondary N) is 1. The van der Waals surface area contributed by atoms with Gasteiger partial charge in [0.1, 0.15) is 0 Å². The molecule has 98 valence electrons. The predicted molar refractivity (Wildman–Crippen MR) is 74.8 cm³/mol. The molecule has 0 spiro atoms. The molecule has 1 aromatic rings. The summed E-state index contributed by atoms with van der Waals surface area (Å²) in [5.41, 5.74) is 0.728. The summed E-state index contributed by atoms with van der Waals surface area (Å²) in [6.07, 6.45) is 3.56. The zero-order valence-electron chi connectivity index (χ0n) is 9.99. The van der Waals surface area contributed by atoms with E-state index in [1.54, 1.807) is 24.3 Å². The van der Waals surface area contributed by atoms with Gasteiger partial charge >= 0.3 is 0 Å². The fourth-order valence-corrected chi connectivity index (χ4v) is 1.83. The van der Waals surface area contributed by atoms with Gasteiger partial charge in [-0.1, -0.05) is 29.3 Å². The van der Waals surface area contributed by atoms with Crippen molar-refractivity contribution in [3.63, 3.8) is 0 Å². The Morgan fingerprint density at radius 3 is 2.83 bits per heavy atom. The maximum Gasteiger partial charge on any atom is 0.244 e. The van der Waals surface area contributed by atoms with Gasteiger partial charge < -0.3 is 10.4 Å². The zero-order valence-corrected chi connectivity index (χ0v) is 11.5. The van der Waals surface area contributed by atoms with Gasteiger partial charge in [0.05, 0.1) is 0 Å². The van der Waals surface area contributed by atoms with E-state index in [0.717, 1.165) is 5.56 Å². The minimum atomic E-state index is -0.220. The molecule has 2 N–H and O–H groups in total. The van der Waals surface area contributed by atoms with Crippen LogP contribution in [0.25, 0.3) is 6.08 Å². The summed E-state index contributed by atoms with van der Waals surface area (Å²) in [7, 11) is 0. The third kappa shape index (κ3) is 5.08. The standard InChI is InChI=1S/C13H15Cl2NO2/c1-9(6-7-17)16-13(18)5-3-10-2-4-11(14)8-12(10)15/h2-5,8-9,17H,6-7H2,1H3,(H,16,18)/b5-3+. The minimum Gasteiger partial charge on any atom is -0.396 e. The van der Waals surface area contributed by atoms with Crippen LogP contribution in [0.1, 0.15) is 18.9 Å². The van der Waals surface area contributed by atoms with Crippen molar-refractivity contribution < 1.29 is 9.90 Å². The first-order chi connectivity index (χ1) is 8.52. The average Bonchev–Trinajstić information content (AvgIpc) is 2.28. The molecule has 0 radical (unpaired) electrons. The predicted octanol–water partition coefficient (Wildman–Crippen LogP) is 2.89. The van der Waals surface area contributed by atoms with E-state index in [2.05, 4.69) is 5.32 Å². The van der Waals surface area contributed by atoms with Gasteiger partial charge in [0.2, 0.25) is 5.91 Å². The van der Waals surface area contributed by atoms with Crippen LogP contribution < -0.4 is 5.32 Å². The fraction of sp³-hybridized carbons (Fsp3) is 0.308. The Kier molecular flexibility index (Phi) is 6.19. The highest BCUT2D eigenvalue weighted by molar-refractivity contribution is 6.35. The third-order valence-electron chi connectivity index (χ3n) is 2.33. The van der Waals surface area contributed by atoms with Gasteiger partial charge in [-0.15, -0.1) is 0 Å². The van der Waals surface area contributed by atoms with Gasteiger partial charge in [-0.2, -0.15) is 0 Å². The highest BCUT2D eigenvalue weighted by Crippen LogP contribution is 2.21. The van der Waals surface area contributed by atoms with Gasteiger partial charge in [-0.3, -0.25) is 4.79 Å². The lowest BCUT2D eigenvalue weighted by Gasteiger charge is -2.09. The molecule has 0 saturated heterocycles. The molecule has 0 bridgehead atoms. The highest BCUT2D eigenvalue weighted by Gasteiger charge is 2.04. The maximum atomic E-state index is 11.5. The highest BCUT2D eigenvalue weighted by atomic mass is 35.5. The first-order valence-electron chi connectivity index (χ1n) is 5.57. The summed E-state index contributed by atoms with van der Waals surface area (Å²) in [6, 6.07) is 5.01. The minimum absolute atomic E-state index is 0.0498. The van der Waals surface area contributed by atoms with E-state index in [1.807, 2.05) is 6.92 Å². The molecule has 1 unspecified atom stereocenters. The second-order valence-corrected chi connectivity index (χ2v) is 4.76. The molecule has 0 heterocycles. The monoisotopic (exact) mass is 287 g/mol. The lowest BCUT2D eigenvalue weighted by atomic mass is 10.2. The normalized spacial score (nSPS) is 12.7. The summed E-state index contributed by atoms with van der Waals surface area (Å²) in [5, 5.41) is 12.5. The maximum absolute atomic E-state index is 11.5. The summed E-state index contributed by atoms with van der Waals surface area (Å²) in [6.45, 7) is 1.88. The van der Waals surface area contributed by atoms with Crippen molar-refractivity contribution in [2.75, 3.05) is 6.61 Å². The zero-order chi connectivity index (χ0) is 13.5. The lowest BCUT2D eigenvalue weighted by molar-refractivity contribution is -0.117. The smallest absolute Gasteiger partial charge is 0.244 e. The molecule has 3 nitrogen and oxygen atoms in total. The lowest BCUT2D eigenvalue weighted by Crippen LogP contribution is -2.31. The van der Waals surface area contributed by atoms with Crippen molar-refractivity contribution in [1.29, 1.82) is 0 Å². The Morgan fingerprint density at radius 2 is 2.22 bits per heavy atom. The van der Waals surface area contributed by atoms with Gasteiger partial charge in [-0.25, -0.2) is 0 Å². The average molecular weight is 288 g/mol. The number of carbonyl (C=O) groups is 1. The first-order valence-corrected chi connectivity index (χ1v) is 6.33. The van der Waals surface area contributed by atoms with Crippen molar-refractivity contribution in [1.82, 2.24) is 5.32 Å². The van der Waals surface area contributed by atoms with Gasteiger partial charge in [0, 0.05) is 28.8 Å². The van der Waals surface area contributed by atoms with Crippen LogP contribution in [-0.2, 0) is 4.79 Å². The Morgan fingerprint density at radius 1 is 1.50 bits per heavy atom. The number of aliphatic hydroxyl groups is 1. The Bertz CT molecular complexity index is 447. The molecule has 0 fully saturated rings. The number of hydrogen-bond acceptors (Lipinski definition) is 2. The van der Waals surface area contributed by atoms with Gasteiger partial charge in [0.15, 0.2) is 0 Å². The van der Waals surface area contributed by atoms with E-state index in [1.165, 1.54) is 6.08 Å². The van der Waals surface area contributed by atoms with Crippen LogP contribution >= 0.6 is 23.2 Å². The van der Waals surface area contributed by atoms with Crippen LogP contribution in [-0.4, -0.2) is 23.7 Å². The second-order valence-electron chi connectivity index (χ2n) is 3.92. The van der Waals surface area contributed by atoms with Crippen LogP contribution in [0.5, 0.6) is 0 Å². The Hall–Kier alpha value is -1.03. The molecule has 0 saturated carbocycles. The number of halogens is 2. The summed E-state index contributed by atoms with van der Waals surface area (Å²) in [5.74, 6) is -0.220. The van der Waals surface area contributed by atoms with Crippen LogP contribution in [0.4, 0.5) is 0 Å². The topological polar surface area (TPSA) is 49.3 Å². The van der Waals surface area contributed by atoms with Gasteiger partial charge in [-0.05, 0) is 37.1 Å². The molecule has 0 aliphatic heterocycles. The quantitative estimate of drug-likeness (QED) is 0.818. The fourth-order valence-electron chi connectivity index (χ4n) is 1.36. The van der Waals surface area contributed by atoms with E-state index in [0.29, 0.717) is 16.5 Å². The number of rotatable bonds is 5. The summed E-state index contributed by atoms with van der Waals surface area (Å²) in [4.78, 5) is 11.5. The molecule has 1 aromatic carbocycles. The summed E-state index contributed by atoms with van der Waals surface area (Å²) < 4.78 is 0. The molecule has 1 atom stereocenters. The number of carbonyl (C=O) groups excluding carboxylic acids is 1. The molecule has 0 aliphatic carbocycles. The first kappa shape index (κ1) is 15.0. The van der Waals surface area contributed by atoms with Crippen LogP contribution in [0.15, 0.2) is 24.3 Å². The van der Waals surface area contributed by atoms with Crippen molar-refractivity contribution in [3.05, 3.63) is 39.9 Å². The molecule has 0 aliphatic rings. The summed E-state index contributed by atoms with van der Waals surface area (Å²) >= 11 is 11.7. The molecule has 5 heteroatoms. The second kappa shape index (κ2) is 7.41. The third-order valence-corrected chi connectivity index (χ3v) is 2.89. The molecule has 1 rings (SSSR count). The number of amides is 1. The van der Waals surface area contributed by atoms with E-state index in [4.69, 9.17) is 28.3 Å². The van der Waals surface area contributed by atoms with Crippen molar-refractivity contribution in [2.45, 2.75) is 19.4 Å². The van der Waals surface area contributed by atoms with Crippen LogP contribution in [0.2, 0.25) is 10.0 Å². The molecular formula is C13H15Cl2NO2. The Labute approximate surface area is 116 Å². The number of aliphatic hydroxyl groups excluding tert-OH is 1. The van der Waals surface area contributed by atoms with Crippen molar-refractivity contribution in [2.24, 2.45) is 0 Å². The van der Waals surface area contributed by atoms with Gasteiger partial charge in [0.25, 0.3) is 0 Å². The SMILES string of the molecule is CC(CCO)NC(=O)/C=C/c1ccc(Cl)cc1Cl. The number of hydrogen-bond donors (Lipinski definition) is 2. The Balaban J connectivity index is 2.60. The van der Waals surface area contributed by atoms with E-state index >= 15 is 0 Å². The van der Waals surface area contributed by atoms with E-state index < -0.39 is 0 Å². The molecule has 18 heavy (non-hydrogen) atoms. The van der Waals surface area contributed by atoms with Crippen LogP contribution in [0, 0.1) is 0 Å². The van der Waals surface area contributed by atoms with E-state index in [9.17, 15) is 4.79 Å². The largest absolute Gasteiger partial charge is 0.396 e. The number of benzene rings is 1. The molecule has 1 amide bonds. The van der Waals surface area contributed by atoms with Crippen molar-refractivity contribution in [3.8, 4) is 0 Å². The van der Waals surface area contributed by atoms with Crippen LogP contribution in [0.3, 0.4) is 0 Å². The van der Waals surface area contributed by atoms with E-state index in [-0.39, 0.29) is 18.6 Å².